The van der Waals surface area contributed by atoms with E-state index in [-0.39, 0.29) is 27.8 Å². The number of sulfonamides is 2. The van der Waals surface area contributed by atoms with Crippen LogP contribution < -0.4 is 4.72 Å². The summed E-state index contributed by atoms with van der Waals surface area (Å²) in [6, 6.07) is 11.4. The molecule has 1 aliphatic rings. The number of aryl methyl sites for hydroxylation is 1. The zero-order valence-electron chi connectivity index (χ0n) is 16.6. The number of hydrogen-bond acceptors (Lipinski definition) is 6. The third-order valence-electron chi connectivity index (χ3n) is 5.06. The first kappa shape index (κ1) is 22.9. The summed E-state index contributed by atoms with van der Waals surface area (Å²) in [6.07, 6.45) is 1.81. The highest BCUT2D eigenvalue weighted by molar-refractivity contribution is 7.91. The standard InChI is InChI=1S/C19H24N2O6S3/c1-15-8-9-18(29(24,25)17-6-4-3-5-7-17)14-19(15)30(26,27)20-16-10-12-21(13-11-16)28(2,22)23/h3-9,14,16,20H,10-13H2,1-2H3. The Morgan fingerprint density at radius 1 is 0.867 bits per heavy atom. The van der Waals surface area contributed by atoms with Crippen LogP contribution in [0.4, 0.5) is 0 Å². The van der Waals surface area contributed by atoms with Crippen LogP contribution in [-0.4, -0.2) is 54.9 Å². The fourth-order valence-electron chi connectivity index (χ4n) is 3.36. The molecule has 0 aromatic heterocycles. The van der Waals surface area contributed by atoms with Gasteiger partial charge in [-0.1, -0.05) is 24.3 Å². The second-order valence-electron chi connectivity index (χ2n) is 7.30. The van der Waals surface area contributed by atoms with E-state index in [4.69, 9.17) is 0 Å². The highest BCUT2D eigenvalue weighted by Gasteiger charge is 2.29. The van der Waals surface area contributed by atoms with Gasteiger partial charge in [0.1, 0.15) is 0 Å². The van der Waals surface area contributed by atoms with Crippen molar-refractivity contribution >= 4 is 29.9 Å². The van der Waals surface area contributed by atoms with Gasteiger partial charge in [0.15, 0.2) is 0 Å². The number of nitrogens with one attached hydrogen (secondary N) is 1. The maximum absolute atomic E-state index is 13.0. The van der Waals surface area contributed by atoms with Crippen molar-refractivity contribution in [2.45, 2.75) is 40.5 Å². The smallest absolute Gasteiger partial charge is 0.219 e. The molecule has 1 N–H and O–H groups in total. The lowest BCUT2D eigenvalue weighted by Crippen LogP contribution is -2.46. The molecule has 3 rings (SSSR count). The van der Waals surface area contributed by atoms with E-state index in [9.17, 15) is 25.3 Å². The van der Waals surface area contributed by atoms with Crippen molar-refractivity contribution < 1.29 is 25.3 Å². The molecule has 0 amide bonds. The van der Waals surface area contributed by atoms with Crippen LogP contribution in [0.3, 0.4) is 0 Å². The SMILES string of the molecule is Cc1ccc(S(=O)(=O)c2ccccc2)cc1S(=O)(=O)NC1CCN(S(C)(=O)=O)CC1. The van der Waals surface area contributed by atoms with Gasteiger partial charge in [-0.25, -0.2) is 34.3 Å². The fourth-order valence-corrected chi connectivity index (χ4v) is 7.19. The summed E-state index contributed by atoms with van der Waals surface area (Å²) in [5, 5.41) is 0. The van der Waals surface area contributed by atoms with Gasteiger partial charge in [0.25, 0.3) is 0 Å². The van der Waals surface area contributed by atoms with Crippen molar-refractivity contribution in [2.75, 3.05) is 19.3 Å². The predicted octanol–water partition coefficient (Wildman–Crippen LogP) is 1.53. The molecule has 0 spiro atoms. The molecular formula is C19H24N2O6S3. The average molecular weight is 473 g/mol. The summed E-state index contributed by atoms with van der Waals surface area (Å²) < 4.78 is 78.8. The Kier molecular flexibility index (Phi) is 6.40. The highest BCUT2D eigenvalue weighted by Crippen LogP contribution is 2.26. The van der Waals surface area contributed by atoms with E-state index in [0.717, 1.165) is 6.26 Å². The minimum atomic E-state index is -3.99. The molecule has 1 saturated heterocycles. The molecule has 1 aliphatic heterocycles. The van der Waals surface area contributed by atoms with Crippen LogP contribution in [0.15, 0.2) is 63.2 Å². The molecule has 2 aromatic carbocycles. The van der Waals surface area contributed by atoms with Gasteiger partial charge in [0.2, 0.25) is 29.9 Å². The van der Waals surface area contributed by atoms with Crippen LogP contribution in [0.1, 0.15) is 18.4 Å². The van der Waals surface area contributed by atoms with E-state index in [1.54, 1.807) is 25.1 Å². The molecule has 0 saturated carbocycles. The number of sulfone groups is 1. The molecule has 1 fully saturated rings. The Morgan fingerprint density at radius 3 is 2.03 bits per heavy atom. The molecule has 0 aliphatic carbocycles. The molecule has 30 heavy (non-hydrogen) atoms. The molecule has 0 unspecified atom stereocenters. The van der Waals surface area contributed by atoms with E-state index in [2.05, 4.69) is 4.72 Å². The summed E-state index contributed by atoms with van der Waals surface area (Å²) in [5.41, 5.74) is 0.420. The molecule has 11 heteroatoms. The third-order valence-corrected chi connectivity index (χ3v) is 9.79. The Morgan fingerprint density at radius 2 is 1.47 bits per heavy atom. The highest BCUT2D eigenvalue weighted by atomic mass is 32.2. The van der Waals surface area contributed by atoms with Crippen LogP contribution in [0.25, 0.3) is 0 Å². The first-order valence-corrected chi connectivity index (χ1v) is 14.1. The largest absolute Gasteiger partial charge is 0.241 e. The Labute approximate surface area is 177 Å². The zero-order valence-corrected chi connectivity index (χ0v) is 19.1. The molecule has 0 bridgehead atoms. The van der Waals surface area contributed by atoms with Crippen LogP contribution in [0, 0.1) is 6.92 Å². The predicted molar refractivity (Wildman–Crippen MR) is 113 cm³/mol. The molecule has 0 atom stereocenters. The van der Waals surface area contributed by atoms with Crippen molar-refractivity contribution in [3.05, 3.63) is 54.1 Å². The normalized spacial score (nSPS) is 17.1. The second-order valence-corrected chi connectivity index (χ2v) is 12.9. The zero-order chi connectivity index (χ0) is 22.2. The van der Waals surface area contributed by atoms with Crippen molar-refractivity contribution in [2.24, 2.45) is 0 Å². The lowest BCUT2D eigenvalue weighted by Gasteiger charge is -2.30. The maximum Gasteiger partial charge on any atom is 0.241 e. The van der Waals surface area contributed by atoms with Gasteiger partial charge in [-0.3, -0.25) is 0 Å². The monoisotopic (exact) mass is 472 g/mol. The number of benzene rings is 2. The third kappa shape index (κ3) is 4.92. The van der Waals surface area contributed by atoms with Crippen molar-refractivity contribution in [1.82, 2.24) is 9.03 Å². The topological polar surface area (TPSA) is 118 Å². The molecule has 2 aromatic rings. The maximum atomic E-state index is 13.0. The summed E-state index contributed by atoms with van der Waals surface area (Å²) in [4.78, 5) is -0.130. The van der Waals surface area contributed by atoms with Crippen LogP contribution in [0.5, 0.6) is 0 Å². The van der Waals surface area contributed by atoms with Crippen LogP contribution >= 0.6 is 0 Å². The van der Waals surface area contributed by atoms with E-state index in [1.807, 2.05) is 0 Å². The van der Waals surface area contributed by atoms with Crippen LogP contribution in [0.2, 0.25) is 0 Å². The minimum Gasteiger partial charge on any atom is -0.219 e. The summed E-state index contributed by atoms with van der Waals surface area (Å²) in [5.74, 6) is 0. The first-order chi connectivity index (χ1) is 13.9. The fraction of sp³-hybridized carbons (Fsp3) is 0.368. The van der Waals surface area contributed by atoms with Gasteiger partial charge in [0, 0.05) is 19.1 Å². The van der Waals surface area contributed by atoms with E-state index >= 15 is 0 Å². The van der Waals surface area contributed by atoms with Gasteiger partial charge in [-0.2, -0.15) is 0 Å². The molecule has 0 radical (unpaired) electrons. The van der Waals surface area contributed by atoms with Crippen molar-refractivity contribution in [3.63, 3.8) is 0 Å². The lowest BCUT2D eigenvalue weighted by molar-refractivity contribution is 0.310. The van der Waals surface area contributed by atoms with E-state index in [1.165, 1.54) is 34.6 Å². The minimum absolute atomic E-state index is 0.0818. The van der Waals surface area contributed by atoms with Crippen LogP contribution in [-0.2, 0) is 29.9 Å². The molecule has 1 heterocycles. The lowest BCUT2D eigenvalue weighted by atomic mass is 10.1. The molecular weight excluding hydrogens is 448 g/mol. The van der Waals surface area contributed by atoms with Crippen molar-refractivity contribution in [1.29, 1.82) is 0 Å². The van der Waals surface area contributed by atoms with Gasteiger partial charge in [0.05, 0.1) is 20.9 Å². The second kappa shape index (κ2) is 8.39. The van der Waals surface area contributed by atoms with Gasteiger partial charge >= 0.3 is 0 Å². The van der Waals surface area contributed by atoms with Crippen molar-refractivity contribution in [3.8, 4) is 0 Å². The Balaban J connectivity index is 1.86. The average Bonchev–Trinajstić information content (AvgIpc) is 2.68. The van der Waals surface area contributed by atoms with Gasteiger partial charge in [-0.15, -0.1) is 0 Å². The Bertz CT molecular complexity index is 1230. The van der Waals surface area contributed by atoms with Gasteiger partial charge in [-0.05, 0) is 49.6 Å². The number of hydrogen-bond donors (Lipinski definition) is 1. The number of rotatable bonds is 6. The summed E-state index contributed by atoms with van der Waals surface area (Å²) in [7, 11) is -11.2. The summed E-state index contributed by atoms with van der Waals surface area (Å²) >= 11 is 0. The first-order valence-electron chi connectivity index (χ1n) is 9.29. The number of nitrogens with zero attached hydrogens (tertiary/aromatic N) is 1. The quantitative estimate of drug-likeness (QED) is 0.681. The molecule has 8 nitrogen and oxygen atoms in total. The van der Waals surface area contributed by atoms with E-state index in [0.29, 0.717) is 18.4 Å². The number of piperidine rings is 1. The van der Waals surface area contributed by atoms with Gasteiger partial charge < -0.3 is 0 Å². The molecule has 164 valence electrons. The van der Waals surface area contributed by atoms with E-state index < -0.39 is 35.9 Å². The summed E-state index contributed by atoms with van der Waals surface area (Å²) in [6.45, 7) is 2.06. The Hall–Kier alpha value is -1.79.